The van der Waals surface area contributed by atoms with Crippen molar-refractivity contribution in [2.24, 2.45) is 5.92 Å². The van der Waals surface area contributed by atoms with E-state index >= 15 is 0 Å². The van der Waals surface area contributed by atoms with Crippen molar-refractivity contribution in [1.82, 2.24) is 4.90 Å². The lowest BCUT2D eigenvalue weighted by Gasteiger charge is -2.16. The lowest BCUT2D eigenvalue weighted by molar-refractivity contribution is -0.128. The summed E-state index contributed by atoms with van der Waals surface area (Å²) in [5.41, 5.74) is 3.04. The Hall–Kier alpha value is -3.34. The van der Waals surface area contributed by atoms with E-state index < -0.39 is 0 Å². The Balaban J connectivity index is 1.42. The molecule has 0 saturated carbocycles. The maximum absolute atomic E-state index is 12.8. The molecule has 5 nitrogen and oxygen atoms in total. The molecule has 1 saturated heterocycles. The summed E-state index contributed by atoms with van der Waals surface area (Å²) >= 11 is 0. The smallest absolute Gasteiger partial charge is 0.229 e. The van der Waals surface area contributed by atoms with Crippen LogP contribution in [0.2, 0.25) is 0 Å². The molecule has 28 heavy (non-hydrogen) atoms. The summed E-state index contributed by atoms with van der Waals surface area (Å²) < 4.78 is 5.31. The summed E-state index contributed by atoms with van der Waals surface area (Å²) in [6.07, 6.45) is 2.56. The normalized spacial score (nSPS) is 16.4. The van der Waals surface area contributed by atoms with Crippen LogP contribution in [0.1, 0.15) is 23.3 Å². The quantitative estimate of drug-likeness (QED) is 0.713. The van der Waals surface area contributed by atoms with E-state index in [1.807, 2.05) is 48.5 Å². The number of furan rings is 1. The van der Waals surface area contributed by atoms with Crippen molar-refractivity contribution in [3.05, 3.63) is 89.9 Å². The number of nitrogens with zero attached hydrogens (tertiary/aromatic N) is 1. The first kappa shape index (κ1) is 18.0. The van der Waals surface area contributed by atoms with Gasteiger partial charge in [0.15, 0.2) is 0 Å². The van der Waals surface area contributed by atoms with Crippen LogP contribution in [0.5, 0.6) is 0 Å². The highest BCUT2D eigenvalue weighted by Crippen LogP contribution is 2.24. The Kier molecular flexibility index (Phi) is 5.24. The van der Waals surface area contributed by atoms with Crippen molar-refractivity contribution in [2.75, 3.05) is 11.9 Å². The number of hydrogen-bond donors (Lipinski definition) is 1. The predicted molar refractivity (Wildman–Crippen MR) is 107 cm³/mol. The number of nitrogens with one attached hydrogen (secondary N) is 1. The predicted octanol–water partition coefficient (Wildman–Crippen LogP) is 3.86. The van der Waals surface area contributed by atoms with E-state index in [4.69, 9.17) is 4.42 Å². The van der Waals surface area contributed by atoms with E-state index in [9.17, 15) is 9.59 Å². The van der Waals surface area contributed by atoms with E-state index in [1.54, 1.807) is 17.2 Å². The second kappa shape index (κ2) is 8.13. The summed E-state index contributed by atoms with van der Waals surface area (Å²) in [5, 5.41) is 3.03. The van der Waals surface area contributed by atoms with E-state index in [2.05, 4.69) is 17.4 Å². The molecule has 1 fully saturated rings. The zero-order chi connectivity index (χ0) is 19.3. The fourth-order valence-electron chi connectivity index (χ4n) is 3.54. The van der Waals surface area contributed by atoms with Crippen LogP contribution in [0.4, 0.5) is 5.69 Å². The second-order valence-corrected chi connectivity index (χ2v) is 7.06. The molecule has 1 aliphatic rings. The van der Waals surface area contributed by atoms with Gasteiger partial charge in [0.05, 0.1) is 18.7 Å². The molecule has 0 spiro atoms. The van der Waals surface area contributed by atoms with Crippen LogP contribution in [-0.2, 0) is 22.6 Å². The first-order chi connectivity index (χ1) is 13.7. The zero-order valence-electron chi connectivity index (χ0n) is 15.5. The lowest BCUT2D eigenvalue weighted by atomic mass is 10.0. The van der Waals surface area contributed by atoms with Crippen LogP contribution < -0.4 is 5.32 Å². The number of amides is 2. The summed E-state index contributed by atoms with van der Waals surface area (Å²) in [5.74, 6) is 0.236. The van der Waals surface area contributed by atoms with Gasteiger partial charge in [-0.15, -0.1) is 0 Å². The number of likely N-dealkylation sites (tertiary alicyclic amines) is 1. The van der Waals surface area contributed by atoms with Gasteiger partial charge in [0.1, 0.15) is 5.76 Å². The highest BCUT2D eigenvalue weighted by atomic mass is 16.3. The molecule has 1 aromatic heterocycles. The monoisotopic (exact) mass is 374 g/mol. The molecule has 142 valence electrons. The van der Waals surface area contributed by atoms with Crippen molar-refractivity contribution in [2.45, 2.75) is 19.4 Å². The molecule has 5 heteroatoms. The van der Waals surface area contributed by atoms with Crippen LogP contribution in [0.15, 0.2) is 77.4 Å². The van der Waals surface area contributed by atoms with Crippen molar-refractivity contribution < 1.29 is 14.0 Å². The maximum Gasteiger partial charge on any atom is 0.229 e. The van der Waals surface area contributed by atoms with Crippen molar-refractivity contribution in [3.8, 4) is 0 Å². The van der Waals surface area contributed by atoms with Gasteiger partial charge in [-0.1, -0.05) is 48.5 Å². The Morgan fingerprint density at radius 1 is 1.04 bits per heavy atom. The van der Waals surface area contributed by atoms with Gasteiger partial charge in [0, 0.05) is 18.7 Å². The molecule has 2 heterocycles. The van der Waals surface area contributed by atoms with E-state index in [-0.39, 0.29) is 24.2 Å². The molecular weight excluding hydrogens is 352 g/mol. The summed E-state index contributed by atoms with van der Waals surface area (Å²) in [4.78, 5) is 26.8. The van der Waals surface area contributed by atoms with E-state index in [0.29, 0.717) is 13.1 Å². The molecule has 2 aromatic carbocycles. The maximum atomic E-state index is 12.8. The molecule has 0 radical (unpaired) electrons. The Morgan fingerprint density at radius 2 is 1.82 bits per heavy atom. The molecule has 0 aliphatic carbocycles. The minimum Gasteiger partial charge on any atom is -0.467 e. The van der Waals surface area contributed by atoms with E-state index in [1.165, 1.54) is 5.56 Å². The fraction of sp³-hybridized carbons (Fsp3) is 0.217. The number of anilines is 1. The standard InChI is InChI=1S/C23H22N2O3/c26-22-14-19(15-25(22)16-20-10-6-12-28-20)23(27)24-21-11-5-4-9-18(21)13-17-7-2-1-3-8-17/h1-12,19H,13-16H2,(H,24,27). The molecule has 1 unspecified atom stereocenters. The van der Waals surface area contributed by atoms with Gasteiger partial charge in [-0.25, -0.2) is 0 Å². The Morgan fingerprint density at radius 3 is 2.61 bits per heavy atom. The van der Waals surface area contributed by atoms with Crippen LogP contribution in [0, 0.1) is 5.92 Å². The summed E-state index contributed by atoms with van der Waals surface area (Å²) in [6, 6.07) is 21.6. The average molecular weight is 374 g/mol. The van der Waals surface area contributed by atoms with Gasteiger partial charge >= 0.3 is 0 Å². The largest absolute Gasteiger partial charge is 0.467 e. The molecule has 0 bridgehead atoms. The zero-order valence-corrected chi connectivity index (χ0v) is 15.5. The lowest BCUT2D eigenvalue weighted by Crippen LogP contribution is -2.28. The highest BCUT2D eigenvalue weighted by Gasteiger charge is 2.34. The Bertz CT molecular complexity index is 951. The Labute approximate surface area is 164 Å². The molecule has 1 N–H and O–H groups in total. The van der Waals surface area contributed by atoms with Gasteiger partial charge in [0.2, 0.25) is 11.8 Å². The third kappa shape index (κ3) is 4.14. The van der Waals surface area contributed by atoms with Gasteiger partial charge in [0.25, 0.3) is 0 Å². The third-order valence-corrected chi connectivity index (χ3v) is 5.02. The number of rotatable bonds is 6. The van der Waals surface area contributed by atoms with Crippen molar-refractivity contribution in [3.63, 3.8) is 0 Å². The fourth-order valence-corrected chi connectivity index (χ4v) is 3.54. The molecule has 1 atom stereocenters. The second-order valence-electron chi connectivity index (χ2n) is 7.06. The van der Waals surface area contributed by atoms with Crippen molar-refractivity contribution >= 4 is 17.5 Å². The third-order valence-electron chi connectivity index (χ3n) is 5.02. The van der Waals surface area contributed by atoms with Gasteiger partial charge in [-0.05, 0) is 35.7 Å². The molecule has 2 amide bonds. The minimum atomic E-state index is -0.354. The van der Waals surface area contributed by atoms with E-state index in [0.717, 1.165) is 23.4 Å². The molecule has 1 aliphatic heterocycles. The number of hydrogen-bond acceptors (Lipinski definition) is 3. The van der Waals surface area contributed by atoms with Gasteiger partial charge in [-0.2, -0.15) is 0 Å². The first-order valence-electron chi connectivity index (χ1n) is 9.42. The number of carbonyl (C=O) groups excluding carboxylic acids is 2. The molecular formula is C23H22N2O3. The number of para-hydroxylation sites is 1. The average Bonchev–Trinajstić information content (AvgIpc) is 3.35. The first-order valence-corrected chi connectivity index (χ1v) is 9.42. The minimum absolute atomic E-state index is 0.0193. The van der Waals surface area contributed by atoms with Crippen LogP contribution in [-0.4, -0.2) is 23.3 Å². The van der Waals surface area contributed by atoms with Crippen LogP contribution in [0.25, 0.3) is 0 Å². The van der Waals surface area contributed by atoms with Crippen LogP contribution >= 0.6 is 0 Å². The van der Waals surface area contributed by atoms with Gasteiger partial charge in [-0.3, -0.25) is 9.59 Å². The summed E-state index contributed by atoms with van der Waals surface area (Å²) in [7, 11) is 0. The highest BCUT2D eigenvalue weighted by molar-refractivity contribution is 5.97. The van der Waals surface area contributed by atoms with Gasteiger partial charge < -0.3 is 14.6 Å². The van der Waals surface area contributed by atoms with Crippen molar-refractivity contribution in [1.29, 1.82) is 0 Å². The SMILES string of the molecule is O=C(Nc1ccccc1Cc1ccccc1)C1CC(=O)N(Cc2ccco2)C1. The molecule has 3 aromatic rings. The number of benzene rings is 2. The molecule has 4 rings (SSSR count). The van der Waals surface area contributed by atoms with Crippen LogP contribution in [0.3, 0.4) is 0 Å². The topological polar surface area (TPSA) is 62.6 Å². The summed E-state index contributed by atoms with van der Waals surface area (Å²) in [6.45, 7) is 0.812. The number of carbonyl (C=O) groups is 2.